The molecule has 2 N–H and O–H groups in total. The minimum atomic E-state index is -1.01. The first-order valence-corrected chi connectivity index (χ1v) is 8.30. The van der Waals surface area contributed by atoms with Crippen LogP contribution in [0.3, 0.4) is 0 Å². The molecular weight excluding hydrogens is 330 g/mol. The molecule has 1 amide bonds. The molecule has 0 unspecified atom stereocenters. The number of benzene rings is 1. The highest BCUT2D eigenvalue weighted by Crippen LogP contribution is 2.20. The van der Waals surface area contributed by atoms with E-state index >= 15 is 0 Å². The van der Waals surface area contributed by atoms with E-state index in [0.29, 0.717) is 18.2 Å². The number of aryl methyl sites for hydroxylation is 2. The van der Waals surface area contributed by atoms with Crippen LogP contribution in [0.25, 0.3) is 0 Å². The van der Waals surface area contributed by atoms with Crippen LogP contribution in [0.5, 0.6) is 5.75 Å². The van der Waals surface area contributed by atoms with Gasteiger partial charge in [-0.25, -0.2) is 0 Å². The number of hydrogen-bond donors (Lipinski definition) is 2. The van der Waals surface area contributed by atoms with Crippen LogP contribution in [0, 0.1) is 13.8 Å². The molecule has 1 aromatic heterocycles. The highest BCUT2D eigenvalue weighted by molar-refractivity contribution is 7.15. The number of carbonyl (C=O) groups is 2. The van der Waals surface area contributed by atoms with Gasteiger partial charge in [-0.1, -0.05) is 29.0 Å². The Bertz CT molecular complexity index is 730. The quantitative estimate of drug-likeness (QED) is 0.759. The minimum Gasteiger partial charge on any atom is -0.493 e. The number of nitrogens with zero attached hydrogens (tertiary/aromatic N) is 2. The highest BCUT2D eigenvalue weighted by atomic mass is 32.1. The lowest BCUT2D eigenvalue weighted by atomic mass is 10.1. The second-order valence-corrected chi connectivity index (χ2v) is 6.37. The predicted octanol–water partition coefficient (Wildman–Crippen LogP) is 2.58. The summed E-state index contributed by atoms with van der Waals surface area (Å²) in [5, 5.41) is 20.1. The van der Waals surface area contributed by atoms with Gasteiger partial charge in [0, 0.05) is 12.8 Å². The van der Waals surface area contributed by atoms with Crippen molar-refractivity contribution < 1.29 is 19.4 Å². The zero-order valence-corrected chi connectivity index (χ0v) is 14.4. The van der Waals surface area contributed by atoms with Crippen LogP contribution in [-0.2, 0) is 16.0 Å². The molecule has 2 rings (SSSR count). The van der Waals surface area contributed by atoms with Crippen molar-refractivity contribution >= 4 is 28.3 Å². The molecule has 0 aliphatic heterocycles. The van der Waals surface area contributed by atoms with Crippen molar-refractivity contribution in [2.45, 2.75) is 33.1 Å². The average Bonchev–Trinajstić information content (AvgIpc) is 2.95. The van der Waals surface area contributed by atoms with Gasteiger partial charge in [-0.05, 0) is 25.5 Å². The molecule has 0 aliphatic carbocycles. The fraction of sp³-hybridized carbons (Fsp3) is 0.375. The smallest absolute Gasteiger partial charge is 0.303 e. The molecule has 1 heterocycles. The fourth-order valence-electron chi connectivity index (χ4n) is 2.02. The van der Waals surface area contributed by atoms with E-state index in [2.05, 4.69) is 21.6 Å². The second-order valence-electron chi connectivity index (χ2n) is 5.31. The SMILES string of the molecule is Cc1ccc(OCCc2nnc(NC(=O)CCC(=O)O)s2)c(C)c1. The van der Waals surface area contributed by atoms with Crippen molar-refractivity contribution in [2.24, 2.45) is 0 Å². The Morgan fingerprint density at radius 1 is 1.25 bits per heavy atom. The molecule has 0 radical (unpaired) electrons. The zero-order valence-electron chi connectivity index (χ0n) is 13.5. The average molecular weight is 349 g/mol. The number of aliphatic carboxylic acids is 1. The maximum Gasteiger partial charge on any atom is 0.303 e. The molecule has 0 aliphatic rings. The van der Waals surface area contributed by atoms with Gasteiger partial charge in [0.2, 0.25) is 11.0 Å². The predicted molar refractivity (Wildman–Crippen MR) is 90.5 cm³/mol. The number of carbonyl (C=O) groups excluding carboxylic acids is 1. The third-order valence-electron chi connectivity index (χ3n) is 3.18. The van der Waals surface area contributed by atoms with E-state index in [1.807, 2.05) is 26.0 Å². The summed E-state index contributed by atoms with van der Waals surface area (Å²) in [6, 6.07) is 6.00. The molecule has 2 aromatic rings. The Balaban J connectivity index is 1.79. The van der Waals surface area contributed by atoms with Crippen LogP contribution < -0.4 is 10.1 Å². The molecular formula is C16H19N3O4S. The molecule has 0 spiro atoms. The lowest BCUT2D eigenvalue weighted by Crippen LogP contribution is -2.12. The largest absolute Gasteiger partial charge is 0.493 e. The standard InChI is InChI=1S/C16H19N3O4S/c1-10-3-4-12(11(2)9-10)23-8-7-14-18-19-16(24-14)17-13(20)5-6-15(21)22/h3-4,9H,5-8H2,1-2H3,(H,21,22)(H,17,19,20). The number of aromatic nitrogens is 2. The summed E-state index contributed by atoms with van der Waals surface area (Å²) in [5.41, 5.74) is 2.27. The van der Waals surface area contributed by atoms with Crippen LogP contribution in [-0.4, -0.2) is 33.8 Å². The first kappa shape index (κ1) is 17.9. The Hall–Kier alpha value is -2.48. The van der Waals surface area contributed by atoms with Gasteiger partial charge in [0.05, 0.1) is 13.0 Å². The number of hydrogen-bond acceptors (Lipinski definition) is 6. The monoisotopic (exact) mass is 349 g/mol. The molecule has 0 saturated carbocycles. The molecule has 0 fully saturated rings. The summed E-state index contributed by atoms with van der Waals surface area (Å²) in [6.07, 6.45) is 0.289. The molecule has 1 aromatic carbocycles. The summed E-state index contributed by atoms with van der Waals surface area (Å²) in [4.78, 5) is 21.9. The van der Waals surface area contributed by atoms with Gasteiger partial charge in [-0.2, -0.15) is 0 Å². The first-order valence-electron chi connectivity index (χ1n) is 7.48. The van der Waals surface area contributed by atoms with Crippen molar-refractivity contribution in [1.82, 2.24) is 10.2 Å². The van der Waals surface area contributed by atoms with Gasteiger partial charge in [0.1, 0.15) is 10.8 Å². The van der Waals surface area contributed by atoms with Crippen LogP contribution in [0.4, 0.5) is 5.13 Å². The third-order valence-corrected chi connectivity index (χ3v) is 4.08. The zero-order chi connectivity index (χ0) is 17.5. The normalized spacial score (nSPS) is 10.4. The Labute approximate surface area is 143 Å². The highest BCUT2D eigenvalue weighted by Gasteiger charge is 2.10. The number of amides is 1. The van der Waals surface area contributed by atoms with Crippen molar-refractivity contribution in [2.75, 3.05) is 11.9 Å². The van der Waals surface area contributed by atoms with Crippen LogP contribution >= 0.6 is 11.3 Å². The number of anilines is 1. The minimum absolute atomic E-state index is 0.0833. The molecule has 128 valence electrons. The Kier molecular flexibility index (Phi) is 6.25. The van der Waals surface area contributed by atoms with Gasteiger partial charge < -0.3 is 15.2 Å². The summed E-state index contributed by atoms with van der Waals surface area (Å²) in [7, 11) is 0. The topological polar surface area (TPSA) is 101 Å². The molecule has 0 bridgehead atoms. The van der Waals surface area contributed by atoms with E-state index in [4.69, 9.17) is 9.84 Å². The molecule has 7 nitrogen and oxygen atoms in total. The van der Waals surface area contributed by atoms with E-state index in [-0.39, 0.29) is 18.7 Å². The van der Waals surface area contributed by atoms with Gasteiger partial charge in [-0.15, -0.1) is 10.2 Å². The maximum absolute atomic E-state index is 11.5. The van der Waals surface area contributed by atoms with Gasteiger partial charge >= 0.3 is 5.97 Å². The summed E-state index contributed by atoms with van der Waals surface area (Å²) in [6.45, 7) is 4.49. The Morgan fingerprint density at radius 2 is 2.04 bits per heavy atom. The number of ether oxygens (including phenoxy) is 1. The van der Waals surface area contributed by atoms with Crippen LogP contribution in [0.2, 0.25) is 0 Å². The first-order chi connectivity index (χ1) is 11.4. The van der Waals surface area contributed by atoms with Gasteiger partial charge in [0.25, 0.3) is 0 Å². The number of carboxylic acids is 1. The van der Waals surface area contributed by atoms with Gasteiger partial charge in [0.15, 0.2) is 0 Å². The van der Waals surface area contributed by atoms with Crippen molar-refractivity contribution in [3.05, 3.63) is 34.3 Å². The lowest BCUT2D eigenvalue weighted by molar-refractivity contribution is -0.138. The molecule has 24 heavy (non-hydrogen) atoms. The number of rotatable bonds is 8. The molecule has 8 heteroatoms. The van der Waals surface area contributed by atoms with E-state index in [1.165, 1.54) is 16.9 Å². The summed E-state index contributed by atoms with van der Waals surface area (Å²) >= 11 is 1.26. The second kappa shape index (κ2) is 8.39. The third kappa shape index (κ3) is 5.62. The van der Waals surface area contributed by atoms with E-state index in [1.54, 1.807) is 0 Å². The fourth-order valence-corrected chi connectivity index (χ4v) is 2.75. The summed E-state index contributed by atoms with van der Waals surface area (Å²) < 4.78 is 5.74. The van der Waals surface area contributed by atoms with Crippen molar-refractivity contribution in [3.8, 4) is 5.75 Å². The van der Waals surface area contributed by atoms with Crippen molar-refractivity contribution in [3.63, 3.8) is 0 Å². The number of nitrogens with one attached hydrogen (secondary N) is 1. The summed E-state index contributed by atoms with van der Waals surface area (Å²) in [5.74, 6) is -0.550. The molecule has 0 atom stereocenters. The van der Waals surface area contributed by atoms with Gasteiger partial charge in [-0.3, -0.25) is 9.59 Å². The maximum atomic E-state index is 11.5. The lowest BCUT2D eigenvalue weighted by Gasteiger charge is -2.08. The van der Waals surface area contributed by atoms with E-state index < -0.39 is 5.97 Å². The Morgan fingerprint density at radius 3 is 2.75 bits per heavy atom. The molecule has 0 saturated heterocycles. The van der Waals surface area contributed by atoms with Crippen LogP contribution in [0.15, 0.2) is 18.2 Å². The van der Waals surface area contributed by atoms with E-state index in [0.717, 1.165) is 16.3 Å². The van der Waals surface area contributed by atoms with Crippen molar-refractivity contribution in [1.29, 1.82) is 0 Å². The number of carboxylic acid groups (broad SMARTS) is 1. The van der Waals surface area contributed by atoms with E-state index in [9.17, 15) is 9.59 Å². The van der Waals surface area contributed by atoms with Crippen LogP contribution in [0.1, 0.15) is 29.0 Å².